The van der Waals surface area contributed by atoms with Crippen LogP contribution in [0.2, 0.25) is 0 Å². The molecule has 0 unspecified atom stereocenters. The molecule has 0 aliphatic carbocycles. The number of hydrogen-bond acceptors (Lipinski definition) is 2. The van der Waals surface area contributed by atoms with Crippen LogP contribution in [0, 0.1) is 0 Å². The van der Waals surface area contributed by atoms with E-state index in [-0.39, 0.29) is 0 Å². The predicted octanol–water partition coefficient (Wildman–Crippen LogP) is 3.82. The lowest BCUT2D eigenvalue weighted by atomic mass is 9.93. The molecule has 0 aromatic heterocycles. The highest BCUT2D eigenvalue weighted by Crippen LogP contribution is 2.62. The van der Waals surface area contributed by atoms with Crippen LogP contribution in [-0.4, -0.2) is 35.0 Å². The van der Waals surface area contributed by atoms with Crippen LogP contribution in [-0.2, 0) is 5.92 Å². The molecule has 1 N–H and O–H groups in total. The minimum atomic E-state index is -8.03. The van der Waals surface area contributed by atoms with Gasteiger partial charge in [-0.1, -0.05) is 0 Å². The molecule has 0 saturated heterocycles. The maximum Gasteiger partial charge on any atom is 0.460 e. The van der Waals surface area contributed by atoms with Crippen LogP contribution < -0.4 is 5.43 Å². The molecule has 0 heterocycles. The zero-order chi connectivity index (χ0) is 19.7. The van der Waals surface area contributed by atoms with E-state index in [9.17, 15) is 61.9 Å². The van der Waals surface area contributed by atoms with Gasteiger partial charge in [0.05, 0.1) is 0 Å². The standard InChI is InChI=1S/C9HF13O2/c10-4(11,1-2(23)3(1)24)5(12,13)6(14,15)7(16,17)8(18,19)9(20,21)22/h23H. The van der Waals surface area contributed by atoms with Crippen molar-refractivity contribution in [2.45, 2.75) is 35.8 Å². The molecule has 0 saturated carbocycles. The highest BCUT2D eigenvalue weighted by atomic mass is 19.4. The summed E-state index contributed by atoms with van der Waals surface area (Å²) in [6.07, 6.45) is -7.50. The zero-order valence-corrected chi connectivity index (χ0v) is 10.3. The average Bonchev–Trinajstić information content (AvgIpc) is 2.95. The Morgan fingerprint density at radius 2 is 0.875 bits per heavy atom. The van der Waals surface area contributed by atoms with Crippen LogP contribution in [0.4, 0.5) is 57.1 Å². The Bertz CT molecular complexity index is 646. The van der Waals surface area contributed by atoms with Crippen molar-refractivity contribution >= 4 is 0 Å². The van der Waals surface area contributed by atoms with Crippen LogP contribution in [0.3, 0.4) is 0 Å². The van der Waals surface area contributed by atoms with E-state index in [0.717, 1.165) is 0 Å². The Kier molecular flexibility index (Phi) is 3.97. The van der Waals surface area contributed by atoms with Gasteiger partial charge >= 0.3 is 35.8 Å². The molecule has 1 aromatic carbocycles. The van der Waals surface area contributed by atoms with E-state index < -0.39 is 52.5 Å². The summed E-state index contributed by atoms with van der Waals surface area (Å²) < 4.78 is 164. The molecule has 140 valence electrons. The monoisotopic (exact) mass is 388 g/mol. The van der Waals surface area contributed by atoms with Crippen molar-refractivity contribution < 1.29 is 62.2 Å². The molecule has 0 aliphatic rings. The van der Waals surface area contributed by atoms with E-state index in [4.69, 9.17) is 5.11 Å². The highest BCUT2D eigenvalue weighted by Gasteiger charge is 2.91. The van der Waals surface area contributed by atoms with Crippen molar-refractivity contribution in [3.05, 3.63) is 15.8 Å². The first-order valence-electron chi connectivity index (χ1n) is 5.13. The number of aromatic hydroxyl groups is 1. The first-order valence-corrected chi connectivity index (χ1v) is 5.13. The van der Waals surface area contributed by atoms with E-state index in [1.807, 2.05) is 0 Å². The first-order chi connectivity index (χ1) is 10.2. The molecule has 0 radical (unpaired) electrons. The number of rotatable bonds is 5. The normalized spacial score (nSPS) is 16.0. The molecule has 15 heteroatoms. The maximum absolute atomic E-state index is 13.1. The smallest absolute Gasteiger partial charge is 0.460 e. The third-order valence-electron chi connectivity index (χ3n) is 2.86. The quantitative estimate of drug-likeness (QED) is 0.779. The van der Waals surface area contributed by atoms with Crippen molar-refractivity contribution in [2.24, 2.45) is 0 Å². The van der Waals surface area contributed by atoms with Gasteiger partial charge in [0.1, 0.15) is 5.56 Å². The van der Waals surface area contributed by atoms with Crippen LogP contribution in [0.5, 0.6) is 5.75 Å². The van der Waals surface area contributed by atoms with Gasteiger partial charge in [-0.15, -0.1) is 0 Å². The fourth-order valence-electron chi connectivity index (χ4n) is 1.38. The number of alkyl halides is 13. The fourth-order valence-corrected chi connectivity index (χ4v) is 1.38. The first kappa shape index (κ1) is 20.3. The molecule has 2 nitrogen and oxygen atoms in total. The highest BCUT2D eigenvalue weighted by molar-refractivity contribution is 5.50. The molecular weight excluding hydrogens is 387 g/mol. The van der Waals surface area contributed by atoms with Gasteiger partial charge < -0.3 is 5.11 Å². The molecule has 1 rings (SSSR count). The summed E-state index contributed by atoms with van der Waals surface area (Å²) in [7, 11) is 0. The van der Waals surface area contributed by atoms with Gasteiger partial charge in [-0.2, -0.15) is 57.1 Å². The lowest BCUT2D eigenvalue weighted by Crippen LogP contribution is -2.69. The van der Waals surface area contributed by atoms with Gasteiger partial charge in [-0.05, 0) is 0 Å². The van der Waals surface area contributed by atoms with Crippen molar-refractivity contribution in [1.29, 1.82) is 0 Å². The summed E-state index contributed by atoms with van der Waals surface area (Å²) in [5.41, 5.74) is -5.18. The lowest BCUT2D eigenvalue weighted by molar-refractivity contribution is -0.441. The molecule has 24 heavy (non-hydrogen) atoms. The lowest BCUT2D eigenvalue weighted by Gasteiger charge is -2.39. The topological polar surface area (TPSA) is 37.3 Å². The summed E-state index contributed by atoms with van der Waals surface area (Å²) in [6, 6.07) is 0. The van der Waals surface area contributed by atoms with Gasteiger partial charge in [0.15, 0.2) is 5.75 Å². The van der Waals surface area contributed by atoms with Crippen LogP contribution >= 0.6 is 0 Å². The Hall–Kier alpha value is -1.70. The van der Waals surface area contributed by atoms with Gasteiger partial charge in [0, 0.05) is 0 Å². The third kappa shape index (κ3) is 2.15. The molecular formula is C9HF13O2. The Morgan fingerprint density at radius 3 is 1.12 bits per heavy atom. The fraction of sp³-hybridized carbons (Fsp3) is 0.667. The van der Waals surface area contributed by atoms with E-state index in [1.54, 1.807) is 0 Å². The molecule has 0 bridgehead atoms. The van der Waals surface area contributed by atoms with Crippen molar-refractivity contribution in [2.75, 3.05) is 0 Å². The summed E-state index contributed by atoms with van der Waals surface area (Å²) in [5.74, 6) is -40.3. The Labute approximate surface area is 121 Å². The van der Waals surface area contributed by atoms with Crippen molar-refractivity contribution in [3.8, 4) is 5.75 Å². The summed E-state index contributed by atoms with van der Waals surface area (Å²) in [5, 5.41) is 8.31. The largest absolute Gasteiger partial charge is 0.504 e. The Balaban J connectivity index is 3.52. The van der Waals surface area contributed by atoms with Crippen LogP contribution in [0.1, 0.15) is 5.56 Å². The van der Waals surface area contributed by atoms with Gasteiger partial charge in [0.25, 0.3) is 0 Å². The van der Waals surface area contributed by atoms with Crippen LogP contribution in [0.25, 0.3) is 0 Å². The number of hydrogen-bond donors (Lipinski definition) is 1. The molecule has 0 fully saturated rings. The molecule has 0 amide bonds. The molecule has 0 spiro atoms. The van der Waals surface area contributed by atoms with Crippen molar-refractivity contribution in [3.63, 3.8) is 0 Å². The SMILES string of the molecule is O=c1c(O)c1C(F)(F)C(F)(F)C(F)(F)C(F)(F)C(F)(F)C(F)(F)F. The second-order valence-corrected chi connectivity index (χ2v) is 4.42. The second kappa shape index (κ2) is 4.68. The summed E-state index contributed by atoms with van der Waals surface area (Å²) in [4.78, 5) is 10.3. The van der Waals surface area contributed by atoms with E-state index in [2.05, 4.69) is 0 Å². The molecule has 0 atom stereocenters. The summed E-state index contributed by atoms with van der Waals surface area (Å²) in [6.45, 7) is 0. The van der Waals surface area contributed by atoms with E-state index >= 15 is 0 Å². The minimum absolute atomic E-state index is 2.23. The molecule has 1 aromatic rings. The second-order valence-electron chi connectivity index (χ2n) is 4.42. The van der Waals surface area contributed by atoms with E-state index in [0.29, 0.717) is 0 Å². The average molecular weight is 388 g/mol. The van der Waals surface area contributed by atoms with E-state index in [1.165, 1.54) is 0 Å². The predicted molar refractivity (Wildman–Crippen MR) is 46.5 cm³/mol. The minimum Gasteiger partial charge on any atom is -0.504 e. The van der Waals surface area contributed by atoms with Crippen LogP contribution in [0.15, 0.2) is 4.79 Å². The summed E-state index contributed by atoms with van der Waals surface area (Å²) >= 11 is 0. The Morgan fingerprint density at radius 1 is 0.583 bits per heavy atom. The zero-order valence-electron chi connectivity index (χ0n) is 10.3. The maximum atomic E-state index is 13.1. The van der Waals surface area contributed by atoms with Gasteiger partial charge in [-0.3, -0.25) is 4.79 Å². The van der Waals surface area contributed by atoms with Crippen molar-refractivity contribution in [1.82, 2.24) is 0 Å². The number of halogens is 13. The molecule has 0 aliphatic heterocycles. The van der Waals surface area contributed by atoms with Gasteiger partial charge in [-0.25, -0.2) is 0 Å². The van der Waals surface area contributed by atoms with Gasteiger partial charge in [0.2, 0.25) is 5.43 Å². The third-order valence-corrected chi connectivity index (χ3v) is 2.86.